The molecule has 0 amide bonds. The number of hydrogen-bond donors (Lipinski definition) is 1. The monoisotopic (exact) mass is 85.1 g/mol. The van der Waals surface area contributed by atoms with Crippen LogP contribution in [0, 0.1) is 0 Å². The van der Waals surface area contributed by atoms with Gasteiger partial charge in [0.25, 0.3) is 0 Å². The van der Waals surface area contributed by atoms with Crippen molar-refractivity contribution in [3.63, 3.8) is 0 Å². The Morgan fingerprint density at radius 2 is 2.50 bits per heavy atom. The first-order valence-electron chi connectivity index (χ1n) is 2.31. The van der Waals surface area contributed by atoms with Gasteiger partial charge >= 0.3 is 0 Å². The van der Waals surface area contributed by atoms with Gasteiger partial charge in [-0.1, -0.05) is 0 Å². The smallest absolute Gasteiger partial charge is 0.0349 e. The van der Waals surface area contributed by atoms with E-state index in [9.17, 15) is 0 Å². The fourth-order valence-corrected chi connectivity index (χ4v) is 0.655. The van der Waals surface area contributed by atoms with Gasteiger partial charge in [-0.25, -0.2) is 0 Å². The molecule has 2 heteroatoms. The maximum Gasteiger partial charge on any atom is 0.0349 e. The Morgan fingerprint density at radius 3 is 2.67 bits per heavy atom. The molecule has 2 nitrogen and oxygen atoms in total. The van der Waals surface area contributed by atoms with Crippen molar-refractivity contribution >= 4 is 0 Å². The van der Waals surface area contributed by atoms with Gasteiger partial charge in [0.1, 0.15) is 0 Å². The van der Waals surface area contributed by atoms with E-state index in [-0.39, 0.29) is 6.04 Å². The van der Waals surface area contributed by atoms with Gasteiger partial charge in [-0.05, 0) is 13.0 Å². The molecular weight excluding hydrogens is 76.1 g/mol. The molecule has 1 heterocycles. The van der Waals surface area contributed by atoms with Crippen molar-refractivity contribution in [3.05, 3.63) is 0 Å². The first-order valence-corrected chi connectivity index (χ1v) is 2.31. The van der Waals surface area contributed by atoms with Crippen LogP contribution in [0.4, 0.5) is 0 Å². The van der Waals surface area contributed by atoms with E-state index < -0.39 is 0 Å². The van der Waals surface area contributed by atoms with Crippen molar-refractivity contribution in [1.29, 1.82) is 0 Å². The third-order valence-corrected chi connectivity index (χ3v) is 1.06. The van der Waals surface area contributed by atoms with Gasteiger partial charge < -0.3 is 5.32 Å². The average Bonchev–Trinajstić information content (AvgIpc) is 1.86. The Balaban J connectivity index is 2.18. The largest absolute Gasteiger partial charge is 0.315 e. The molecule has 0 aromatic rings. The lowest BCUT2D eigenvalue weighted by atomic mass is 10.3. The van der Waals surface area contributed by atoms with Crippen LogP contribution in [-0.4, -0.2) is 19.1 Å². The first-order chi connectivity index (χ1) is 2.89. The van der Waals surface area contributed by atoms with Crippen molar-refractivity contribution in [2.45, 2.75) is 12.5 Å². The Bertz CT molecular complexity index is 38.8. The number of nitrogens with one attached hydrogen (secondary N) is 2. The van der Waals surface area contributed by atoms with Crippen molar-refractivity contribution < 1.29 is 0 Å². The molecule has 6 heavy (non-hydrogen) atoms. The van der Waals surface area contributed by atoms with Gasteiger partial charge in [0.15, 0.2) is 0 Å². The van der Waals surface area contributed by atoms with Crippen LogP contribution in [0.3, 0.4) is 0 Å². The molecule has 1 aliphatic heterocycles. The summed E-state index contributed by atoms with van der Waals surface area (Å²) in [5, 5.41) is 3.08. The normalized spacial score (nSPS) is 34.5. The summed E-state index contributed by atoms with van der Waals surface area (Å²) in [4.78, 5) is 0. The molecule has 1 radical (unpaired) electrons. The standard InChI is InChI=1S/C4H9N2/c5-4-1-2-6-3-4/h4-6H,1-3H2/t4-/m1/s1. The van der Waals surface area contributed by atoms with Crippen LogP contribution in [0.15, 0.2) is 0 Å². The van der Waals surface area contributed by atoms with Crippen LogP contribution >= 0.6 is 0 Å². The lowest BCUT2D eigenvalue weighted by molar-refractivity contribution is 0.718. The summed E-state index contributed by atoms with van der Waals surface area (Å²) < 4.78 is 0. The molecule has 1 atom stereocenters. The SMILES string of the molecule is [NH][C@@H]1CCNC1. The highest BCUT2D eigenvalue weighted by Gasteiger charge is 2.07. The fraction of sp³-hybridized carbons (Fsp3) is 1.00. The molecule has 1 rings (SSSR count). The van der Waals surface area contributed by atoms with Crippen LogP contribution in [0.25, 0.3) is 0 Å². The summed E-state index contributed by atoms with van der Waals surface area (Å²) in [5.41, 5.74) is 7.07. The van der Waals surface area contributed by atoms with Crippen molar-refractivity contribution in [2.24, 2.45) is 0 Å². The van der Waals surface area contributed by atoms with Crippen molar-refractivity contribution in [3.8, 4) is 0 Å². The van der Waals surface area contributed by atoms with Gasteiger partial charge in [0.2, 0.25) is 0 Å². The van der Waals surface area contributed by atoms with Crippen molar-refractivity contribution in [1.82, 2.24) is 11.1 Å². The molecule has 0 spiro atoms. The van der Waals surface area contributed by atoms with Crippen LogP contribution < -0.4 is 11.1 Å². The van der Waals surface area contributed by atoms with Gasteiger partial charge in [0.05, 0.1) is 0 Å². The molecule has 0 aromatic heterocycles. The second-order valence-electron chi connectivity index (χ2n) is 1.69. The average molecular weight is 85.1 g/mol. The second kappa shape index (κ2) is 1.58. The van der Waals surface area contributed by atoms with Gasteiger partial charge in [0, 0.05) is 12.6 Å². The number of hydrogen-bond acceptors (Lipinski definition) is 1. The molecule has 35 valence electrons. The van der Waals surface area contributed by atoms with E-state index in [1.54, 1.807) is 0 Å². The van der Waals surface area contributed by atoms with Crippen molar-refractivity contribution in [2.75, 3.05) is 13.1 Å². The lowest BCUT2D eigenvalue weighted by Gasteiger charge is -1.89. The van der Waals surface area contributed by atoms with E-state index in [4.69, 9.17) is 5.73 Å². The molecule has 1 fully saturated rings. The van der Waals surface area contributed by atoms with E-state index in [2.05, 4.69) is 5.32 Å². The van der Waals surface area contributed by atoms with E-state index in [0.29, 0.717) is 0 Å². The molecular formula is C4H9N2. The maximum atomic E-state index is 7.07. The van der Waals surface area contributed by atoms with Gasteiger partial charge in [-0.3, -0.25) is 5.73 Å². The lowest BCUT2D eigenvalue weighted by Crippen LogP contribution is -2.13. The maximum absolute atomic E-state index is 7.07. The first kappa shape index (κ1) is 4.09. The molecule has 1 saturated heterocycles. The van der Waals surface area contributed by atoms with Crippen LogP contribution in [-0.2, 0) is 0 Å². The summed E-state index contributed by atoms with van der Waals surface area (Å²) in [6, 6.07) is 0.185. The third kappa shape index (κ3) is 0.698. The summed E-state index contributed by atoms with van der Waals surface area (Å²) >= 11 is 0. The van der Waals surface area contributed by atoms with E-state index >= 15 is 0 Å². The third-order valence-electron chi connectivity index (χ3n) is 1.06. The highest BCUT2D eigenvalue weighted by Crippen LogP contribution is 1.92. The minimum Gasteiger partial charge on any atom is -0.315 e. The van der Waals surface area contributed by atoms with Gasteiger partial charge in [-0.15, -0.1) is 0 Å². The zero-order valence-electron chi connectivity index (χ0n) is 3.70. The predicted octanol–water partition coefficient (Wildman–Crippen LogP) is -0.369. The fourth-order valence-electron chi connectivity index (χ4n) is 0.655. The topological polar surface area (TPSA) is 35.8 Å². The molecule has 0 saturated carbocycles. The Kier molecular flexibility index (Phi) is 1.08. The summed E-state index contributed by atoms with van der Waals surface area (Å²) in [6.45, 7) is 1.95. The quantitative estimate of drug-likeness (QED) is 0.428. The predicted molar refractivity (Wildman–Crippen MR) is 24.4 cm³/mol. The Hall–Kier alpha value is -0.0800. The summed E-state index contributed by atoms with van der Waals surface area (Å²) in [6.07, 6.45) is 1.04. The highest BCUT2D eigenvalue weighted by molar-refractivity contribution is 4.71. The van der Waals surface area contributed by atoms with Gasteiger partial charge in [-0.2, -0.15) is 0 Å². The molecule has 2 N–H and O–H groups in total. The zero-order valence-corrected chi connectivity index (χ0v) is 3.70. The van der Waals surface area contributed by atoms with E-state index in [1.807, 2.05) is 0 Å². The molecule has 1 aliphatic rings. The van der Waals surface area contributed by atoms with E-state index in [0.717, 1.165) is 19.5 Å². The van der Waals surface area contributed by atoms with Crippen LogP contribution in [0.5, 0.6) is 0 Å². The van der Waals surface area contributed by atoms with E-state index in [1.165, 1.54) is 0 Å². The minimum absolute atomic E-state index is 0.185. The zero-order chi connectivity index (χ0) is 4.41. The Morgan fingerprint density at radius 1 is 1.67 bits per heavy atom. The molecule has 0 unspecified atom stereocenters. The van der Waals surface area contributed by atoms with Crippen LogP contribution in [0.2, 0.25) is 0 Å². The highest BCUT2D eigenvalue weighted by atomic mass is 14.9. The minimum atomic E-state index is 0.185. The number of rotatable bonds is 0. The summed E-state index contributed by atoms with van der Waals surface area (Å²) in [7, 11) is 0. The Labute approximate surface area is 37.7 Å². The second-order valence-corrected chi connectivity index (χ2v) is 1.69. The molecule has 0 bridgehead atoms. The molecule has 0 aromatic carbocycles. The molecule has 0 aliphatic carbocycles. The summed E-state index contributed by atoms with van der Waals surface area (Å²) in [5.74, 6) is 0. The van der Waals surface area contributed by atoms with Crippen LogP contribution in [0.1, 0.15) is 6.42 Å².